The summed E-state index contributed by atoms with van der Waals surface area (Å²) in [5, 5.41) is 3.48. The van der Waals surface area contributed by atoms with E-state index in [1.165, 1.54) is 22.3 Å². The van der Waals surface area contributed by atoms with E-state index in [-0.39, 0.29) is 0 Å². The molecule has 1 aliphatic carbocycles. The van der Waals surface area contributed by atoms with Gasteiger partial charge in [0.2, 0.25) is 0 Å². The first-order valence-corrected chi connectivity index (χ1v) is 7.98. The van der Waals surface area contributed by atoms with Crippen molar-refractivity contribution in [3.05, 3.63) is 103 Å². The molecule has 0 heterocycles. The molecule has 0 unspecified atom stereocenters. The molecule has 0 aliphatic heterocycles. The lowest BCUT2D eigenvalue weighted by atomic mass is 9.95. The molecule has 114 valence electrons. The van der Waals surface area contributed by atoms with Gasteiger partial charge >= 0.3 is 0 Å². The molecular weight excluding hydrogens is 278 g/mol. The van der Waals surface area contributed by atoms with Crippen molar-refractivity contribution in [1.82, 2.24) is 0 Å². The molecule has 23 heavy (non-hydrogen) atoms. The number of hydrogen-bond donors (Lipinski definition) is 1. The number of rotatable bonds is 4. The van der Waals surface area contributed by atoms with E-state index in [1.54, 1.807) is 0 Å². The van der Waals surface area contributed by atoms with Gasteiger partial charge in [-0.25, -0.2) is 0 Å². The van der Waals surface area contributed by atoms with Crippen LogP contribution in [0.2, 0.25) is 0 Å². The molecule has 1 heteroatoms. The zero-order valence-electron chi connectivity index (χ0n) is 13.2. The zero-order valence-corrected chi connectivity index (χ0v) is 13.2. The van der Waals surface area contributed by atoms with Gasteiger partial charge in [0, 0.05) is 17.5 Å². The Morgan fingerprint density at radius 1 is 0.957 bits per heavy atom. The van der Waals surface area contributed by atoms with Crippen molar-refractivity contribution in [2.75, 3.05) is 5.32 Å². The number of para-hydroxylation sites is 1. The second kappa shape index (κ2) is 7.46. The van der Waals surface area contributed by atoms with E-state index in [0.29, 0.717) is 0 Å². The lowest BCUT2D eigenvalue weighted by Gasteiger charge is -2.14. The summed E-state index contributed by atoms with van der Waals surface area (Å²) >= 11 is 0. The van der Waals surface area contributed by atoms with Crippen LogP contribution in [0.4, 0.5) is 5.69 Å². The Balaban J connectivity index is 1.91. The highest BCUT2D eigenvalue weighted by Crippen LogP contribution is 2.29. The van der Waals surface area contributed by atoms with Crippen molar-refractivity contribution in [1.29, 1.82) is 0 Å². The number of anilines is 1. The van der Waals surface area contributed by atoms with Crippen molar-refractivity contribution >= 4 is 5.69 Å². The lowest BCUT2D eigenvalue weighted by Crippen LogP contribution is -1.98. The third-order valence-corrected chi connectivity index (χ3v) is 3.96. The maximum absolute atomic E-state index is 3.81. The van der Waals surface area contributed by atoms with Crippen LogP contribution < -0.4 is 5.32 Å². The van der Waals surface area contributed by atoms with Gasteiger partial charge in [0.15, 0.2) is 0 Å². The van der Waals surface area contributed by atoms with Crippen molar-refractivity contribution in [3.8, 4) is 11.1 Å². The van der Waals surface area contributed by atoms with Crippen molar-refractivity contribution in [2.45, 2.75) is 12.8 Å². The standard InChI is InChI=1S/C22H21N/c1-2-10-18-11-6-7-14-20(18)17-23-22-16-9-8-15-21(22)19-12-4-3-5-13-19/h2-5,7-10,12-17,23H,1,6,11H2/b18-10-,20-17-. The summed E-state index contributed by atoms with van der Waals surface area (Å²) in [5.41, 5.74) is 6.09. The second-order valence-electron chi connectivity index (χ2n) is 5.52. The minimum absolute atomic E-state index is 1.07. The molecule has 0 aromatic heterocycles. The molecule has 0 fully saturated rings. The van der Waals surface area contributed by atoms with E-state index in [2.05, 4.69) is 84.9 Å². The Kier molecular flexibility index (Phi) is 4.90. The van der Waals surface area contributed by atoms with Crippen molar-refractivity contribution < 1.29 is 0 Å². The van der Waals surface area contributed by atoms with Crippen LogP contribution in [-0.4, -0.2) is 0 Å². The summed E-state index contributed by atoms with van der Waals surface area (Å²) in [6.07, 6.45) is 12.6. The van der Waals surface area contributed by atoms with Gasteiger partial charge in [-0.2, -0.15) is 0 Å². The van der Waals surface area contributed by atoms with Crippen LogP contribution >= 0.6 is 0 Å². The fourth-order valence-electron chi connectivity index (χ4n) is 2.80. The Hall–Kier alpha value is -2.80. The monoisotopic (exact) mass is 299 g/mol. The number of allylic oxidation sites excluding steroid dienone is 6. The average Bonchev–Trinajstić information content (AvgIpc) is 2.62. The van der Waals surface area contributed by atoms with E-state index in [0.717, 1.165) is 18.5 Å². The van der Waals surface area contributed by atoms with Crippen LogP contribution in [0.5, 0.6) is 0 Å². The minimum Gasteiger partial charge on any atom is -0.361 e. The van der Waals surface area contributed by atoms with Crippen LogP contribution in [0.25, 0.3) is 11.1 Å². The summed E-state index contributed by atoms with van der Waals surface area (Å²) < 4.78 is 0. The molecule has 2 aromatic rings. The predicted octanol–water partition coefficient (Wildman–Crippen LogP) is 6.11. The fraction of sp³-hybridized carbons (Fsp3) is 0.0909. The maximum Gasteiger partial charge on any atom is 0.0459 e. The second-order valence-corrected chi connectivity index (χ2v) is 5.52. The molecule has 0 bridgehead atoms. The normalized spacial score (nSPS) is 17.4. The third-order valence-electron chi connectivity index (χ3n) is 3.96. The van der Waals surface area contributed by atoms with Crippen LogP contribution in [-0.2, 0) is 0 Å². The Morgan fingerprint density at radius 3 is 2.57 bits per heavy atom. The quantitative estimate of drug-likeness (QED) is 0.718. The third kappa shape index (κ3) is 3.70. The SMILES string of the molecule is C=C/C=C1/CCC=C/C1=C/Nc1ccccc1-c1ccccc1. The highest BCUT2D eigenvalue weighted by atomic mass is 14.8. The van der Waals surface area contributed by atoms with Crippen molar-refractivity contribution in [3.63, 3.8) is 0 Å². The molecule has 1 nitrogen and oxygen atoms in total. The highest BCUT2D eigenvalue weighted by Gasteiger charge is 2.07. The Labute approximate surface area is 138 Å². The Bertz CT molecular complexity index is 764. The van der Waals surface area contributed by atoms with E-state index in [9.17, 15) is 0 Å². The summed E-state index contributed by atoms with van der Waals surface area (Å²) in [6, 6.07) is 18.8. The number of nitrogens with one attached hydrogen (secondary N) is 1. The first kappa shape index (κ1) is 15.1. The van der Waals surface area contributed by atoms with Crippen LogP contribution in [0.15, 0.2) is 103 Å². The van der Waals surface area contributed by atoms with Gasteiger partial charge in [-0.05, 0) is 35.6 Å². The van der Waals surface area contributed by atoms with Crippen molar-refractivity contribution in [2.24, 2.45) is 0 Å². The smallest absolute Gasteiger partial charge is 0.0459 e. The van der Waals surface area contributed by atoms with E-state index in [1.807, 2.05) is 12.1 Å². The van der Waals surface area contributed by atoms with Crippen LogP contribution in [0.1, 0.15) is 12.8 Å². The van der Waals surface area contributed by atoms with Crippen LogP contribution in [0.3, 0.4) is 0 Å². The van der Waals surface area contributed by atoms with Gasteiger partial charge in [0.1, 0.15) is 0 Å². The summed E-state index contributed by atoms with van der Waals surface area (Å²) in [6.45, 7) is 3.81. The molecule has 1 aliphatic rings. The lowest BCUT2D eigenvalue weighted by molar-refractivity contribution is 0.967. The number of benzene rings is 2. The summed E-state index contributed by atoms with van der Waals surface area (Å²) in [7, 11) is 0. The fourth-order valence-corrected chi connectivity index (χ4v) is 2.80. The van der Waals surface area contributed by atoms with Gasteiger partial charge in [-0.1, -0.05) is 79.4 Å². The predicted molar refractivity (Wildman–Crippen MR) is 100 cm³/mol. The molecular formula is C22H21N. The molecule has 0 spiro atoms. The van der Waals surface area contributed by atoms with Gasteiger partial charge in [-0.3, -0.25) is 0 Å². The van der Waals surface area contributed by atoms with E-state index in [4.69, 9.17) is 0 Å². The molecule has 2 aromatic carbocycles. The van der Waals surface area contributed by atoms with Gasteiger partial charge in [0.05, 0.1) is 0 Å². The molecule has 0 radical (unpaired) electrons. The first-order valence-electron chi connectivity index (χ1n) is 7.98. The Morgan fingerprint density at radius 2 is 1.74 bits per heavy atom. The minimum atomic E-state index is 1.07. The molecule has 0 amide bonds. The van der Waals surface area contributed by atoms with Gasteiger partial charge in [-0.15, -0.1) is 0 Å². The number of hydrogen-bond acceptors (Lipinski definition) is 1. The zero-order chi connectivity index (χ0) is 15.9. The molecule has 0 saturated carbocycles. The topological polar surface area (TPSA) is 12.0 Å². The molecule has 3 rings (SSSR count). The van der Waals surface area contributed by atoms with Gasteiger partial charge in [0.25, 0.3) is 0 Å². The van der Waals surface area contributed by atoms with E-state index >= 15 is 0 Å². The van der Waals surface area contributed by atoms with Crippen LogP contribution in [0, 0.1) is 0 Å². The van der Waals surface area contributed by atoms with Gasteiger partial charge < -0.3 is 5.32 Å². The summed E-state index contributed by atoms with van der Waals surface area (Å²) in [4.78, 5) is 0. The summed E-state index contributed by atoms with van der Waals surface area (Å²) in [5.74, 6) is 0. The maximum atomic E-state index is 3.81. The highest BCUT2D eigenvalue weighted by molar-refractivity contribution is 5.78. The molecule has 1 N–H and O–H groups in total. The molecule has 0 atom stereocenters. The molecule has 0 saturated heterocycles. The van der Waals surface area contributed by atoms with E-state index < -0.39 is 0 Å². The first-order chi connectivity index (χ1) is 11.4. The largest absolute Gasteiger partial charge is 0.361 e. The average molecular weight is 299 g/mol.